The Morgan fingerprint density at radius 2 is 1.60 bits per heavy atom. The van der Waals surface area contributed by atoms with Crippen LogP contribution in [0.4, 0.5) is 0 Å². The van der Waals surface area contributed by atoms with Gasteiger partial charge < -0.3 is 5.32 Å². The second kappa shape index (κ2) is 8.13. The van der Waals surface area contributed by atoms with Crippen molar-refractivity contribution in [3.63, 3.8) is 0 Å². The average Bonchev–Trinajstić information content (AvgIpc) is 2.47. The van der Waals surface area contributed by atoms with Crippen LogP contribution in [0.15, 0.2) is 59.5 Å². The topological polar surface area (TPSA) is 12.0 Å². The Morgan fingerprint density at radius 1 is 0.900 bits per heavy atom. The van der Waals surface area contributed by atoms with Crippen LogP contribution in [-0.4, -0.2) is 6.54 Å². The monoisotopic (exact) mass is 285 g/mol. The molecule has 0 saturated carbocycles. The average molecular weight is 285 g/mol. The first-order valence-corrected chi connectivity index (χ1v) is 8.19. The Morgan fingerprint density at radius 3 is 2.25 bits per heavy atom. The lowest BCUT2D eigenvalue weighted by Crippen LogP contribution is -2.18. The normalized spacial score (nSPS) is 10.9. The van der Waals surface area contributed by atoms with E-state index in [0.717, 1.165) is 18.8 Å². The zero-order valence-corrected chi connectivity index (χ0v) is 13.1. The molecule has 2 aromatic rings. The standard InChI is InChI=1S/C18H23NS/c1-15(2)12-19-13-16-8-10-18(11-9-16)20-14-17-6-4-3-5-7-17/h3-11,15,19H,12-14H2,1-2H3. The van der Waals surface area contributed by atoms with Gasteiger partial charge in [0.1, 0.15) is 0 Å². The molecule has 2 heteroatoms. The van der Waals surface area contributed by atoms with Gasteiger partial charge in [-0.3, -0.25) is 0 Å². The summed E-state index contributed by atoms with van der Waals surface area (Å²) in [5.41, 5.74) is 2.73. The SMILES string of the molecule is CC(C)CNCc1ccc(SCc2ccccc2)cc1. The zero-order valence-electron chi connectivity index (χ0n) is 12.3. The van der Waals surface area contributed by atoms with Crippen molar-refractivity contribution in [3.8, 4) is 0 Å². The molecule has 0 radical (unpaired) electrons. The minimum Gasteiger partial charge on any atom is -0.312 e. The lowest BCUT2D eigenvalue weighted by Gasteiger charge is -2.08. The van der Waals surface area contributed by atoms with Crippen molar-refractivity contribution in [3.05, 3.63) is 65.7 Å². The van der Waals surface area contributed by atoms with E-state index in [-0.39, 0.29) is 0 Å². The number of nitrogens with one attached hydrogen (secondary N) is 1. The molecule has 0 heterocycles. The molecule has 0 saturated heterocycles. The summed E-state index contributed by atoms with van der Waals surface area (Å²) >= 11 is 1.89. The highest BCUT2D eigenvalue weighted by Gasteiger charge is 1.98. The predicted octanol–water partition coefficient (Wildman–Crippen LogP) is 4.72. The maximum Gasteiger partial charge on any atom is 0.0231 e. The molecule has 0 aliphatic rings. The van der Waals surface area contributed by atoms with Gasteiger partial charge in [-0.05, 0) is 35.7 Å². The first-order chi connectivity index (χ1) is 9.74. The van der Waals surface area contributed by atoms with E-state index in [1.807, 2.05) is 11.8 Å². The van der Waals surface area contributed by atoms with Gasteiger partial charge in [0.05, 0.1) is 0 Å². The van der Waals surface area contributed by atoms with E-state index in [2.05, 4.69) is 73.8 Å². The molecule has 0 unspecified atom stereocenters. The molecule has 0 fully saturated rings. The fourth-order valence-electron chi connectivity index (χ4n) is 1.95. The minimum atomic E-state index is 0.704. The van der Waals surface area contributed by atoms with Gasteiger partial charge >= 0.3 is 0 Å². The van der Waals surface area contributed by atoms with Crippen molar-refractivity contribution >= 4 is 11.8 Å². The zero-order chi connectivity index (χ0) is 14.2. The fraction of sp³-hybridized carbons (Fsp3) is 0.333. The van der Waals surface area contributed by atoms with E-state index >= 15 is 0 Å². The van der Waals surface area contributed by atoms with Gasteiger partial charge in [-0.15, -0.1) is 11.8 Å². The van der Waals surface area contributed by atoms with E-state index in [9.17, 15) is 0 Å². The molecule has 0 amide bonds. The van der Waals surface area contributed by atoms with Crippen LogP contribution in [0.3, 0.4) is 0 Å². The largest absolute Gasteiger partial charge is 0.312 e. The second-order valence-electron chi connectivity index (χ2n) is 5.44. The summed E-state index contributed by atoms with van der Waals surface area (Å²) in [5, 5.41) is 3.47. The van der Waals surface area contributed by atoms with Gasteiger partial charge in [0.25, 0.3) is 0 Å². The Kier molecular flexibility index (Phi) is 6.16. The van der Waals surface area contributed by atoms with Gasteiger partial charge in [-0.25, -0.2) is 0 Å². The van der Waals surface area contributed by atoms with Gasteiger partial charge in [-0.2, -0.15) is 0 Å². The van der Waals surface area contributed by atoms with E-state index in [1.54, 1.807) is 0 Å². The summed E-state index contributed by atoms with van der Waals surface area (Å²) in [7, 11) is 0. The summed E-state index contributed by atoms with van der Waals surface area (Å²) in [6.07, 6.45) is 0. The Labute approximate surface area is 126 Å². The van der Waals surface area contributed by atoms with Crippen molar-refractivity contribution in [2.75, 3.05) is 6.54 Å². The van der Waals surface area contributed by atoms with E-state index < -0.39 is 0 Å². The minimum absolute atomic E-state index is 0.704. The molecule has 2 rings (SSSR count). The molecule has 20 heavy (non-hydrogen) atoms. The van der Waals surface area contributed by atoms with Crippen LogP contribution in [0.5, 0.6) is 0 Å². The maximum absolute atomic E-state index is 3.47. The highest BCUT2D eigenvalue weighted by molar-refractivity contribution is 7.98. The summed E-state index contributed by atoms with van der Waals surface area (Å²) < 4.78 is 0. The Hall–Kier alpha value is -1.25. The molecule has 0 aliphatic heterocycles. The van der Waals surface area contributed by atoms with Crippen LogP contribution >= 0.6 is 11.8 Å². The van der Waals surface area contributed by atoms with E-state index in [1.165, 1.54) is 16.0 Å². The summed E-state index contributed by atoms with van der Waals surface area (Å²) in [5.74, 6) is 1.74. The van der Waals surface area contributed by atoms with Crippen molar-refractivity contribution in [2.45, 2.75) is 31.0 Å². The summed E-state index contributed by atoms with van der Waals surface area (Å²) in [6, 6.07) is 19.5. The number of rotatable bonds is 7. The van der Waals surface area contributed by atoms with E-state index in [0.29, 0.717) is 5.92 Å². The highest BCUT2D eigenvalue weighted by Crippen LogP contribution is 2.22. The number of hydrogen-bond acceptors (Lipinski definition) is 2. The summed E-state index contributed by atoms with van der Waals surface area (Å²) in [6.45, 7) is 6.50. The maximum atomic E-state index is 3.47. The van der Waals surface area contributed by atoms with Crippen LogP contribution in [0.1, 0.15) is 25.0 Å². The van der Waals surface area contributed by atoms with Crippen LogP contribution in [0.2, 0.25) is 0 Å². The molecule has 1 N–H and O–H groups in total. The number of hydrogen-bond donors (Lipinski definition) is 1. The molecule has 0 bridgehead atoms. The second-order valence-corrected chi connectivity index (χ2v) is 6.49. The highest BCUT2D eigenvalue weighted by atomic mass is 32.2. The third kappa shape index (κ3) is 5.40. The fourth-order valence-corrected chi connectivity index (χ4v) is 2.80. The lowest BCUT2D eigenvalue weighted by molar-refractivity contribution is 0.552. The molecular formula is C18H23NS. The van der Waals surface area contributed by atoms with E-state index in [4.69, 9.17) is 0 Å². The van der Waals surface area contributed by atoms with Crippen LogP contribution in [0, 0.1) is 5.92 Å². The number of benzene rings is 2. The Bertz CT molecular complexity index is 491. The van der Waals surface area contributed by atoms with Crippen LogP contribution < -0.4 is 5.32 Å². The third-order valence-electron chi connectivity index (χ3n) is 3.05. The molecular weight excluding hydrogens is 262 g/mol. The molecule has 0 spiro atoms. The number of thioether (sulfide) groups is 1. The van der Waals surface area contributed by atoms with Crippen molar-refractivity contribution in [1.82, 2.24) is 5.32 Å². The summed E-state index contributed by atoms with van der Waals surface area (Å²) in [4.78, 5) is 1.33. The van der Waals surface area contributed by atoms with Gasteiger partial charge in [0.2, 0.25) is 0 Å². The quantitative estimate of drug-likeness (QED) is 0.738. The van der Waals surface area contributed by atoms with Crippen molar-refractivity contribution in [1.29, 1.82) is 0 Å². The van der Waals surface area contributed by atoms with Crippen LogP contribution in [0.25, 0.3) is 0 Å². The predicted molar refractivity (Wildman–Crippen MR) is 89.0 cm³/mol. The van der Waals surface area contributed by atoms with Gasteiger partial charge in [0, 0.05) is 17.2 Å². The first kappa shape index (κ1) is 15.1. The molecule has 1 nitrogen and oxygen atoms in total. The third-order valence-corrected chi connectivity index (χ3v) is 4.14. The van der Waals surface area contributed by atoms with Crippen molar-refractivity contribution < 1.29 is 0 Å². The lowest BCUT2D eigenvalue weighted by atomic mass is 10.2. The van der Waals surface area contributed by atoms with Gasteiger partial charge in [0.15, 0.2) is 0 Å². The Balaban J connectivity index is 1.79. The van der Waals surface area contributed by atoms with Crippen molar-refractivity contribution in [2.24, 2.45) is 5.92 Å². The first-order valence-electron chi connectivity index (χ1n) is 7.20. The van der Waals surface area contributed by atoms with Crippen LogP contribution in [-0.2, 0) is 12.3 Å². The molecule has 0 atom stereocenters. The van der Waals surface area contributed by atoms with Gasteiger partial charge in [-0.1, -0.05) is 56.3 Å². The molecule has 2 aromatic carbocycles. The smallest absolute Gasteiger partial charge is 0.0231 e. The molecule has 0 aliphatic carbocycles. The molecule has 0 aromatic heterocycles. The molecule has 106 valence electrons.